The molecule has 0 aliphatic carbocycles. The Labute approximate surface area is 162 Å². The topological polar surface area (TPSA) is 74.3 Å². The fraction of sp³-hybridized carbons (Fsp3) is 0.900. The summed E-state index contributed by atoms with van der Waals surface area (Å²) in [5, 5.41) is 0. The van der Waals surface area contributed by atoms with Gasteiger partial charge in [0.25, 0.3) is 0 Å². The fourth-order valence-corrected chi connectivity index (χ4v) is 4.90. The Bertz CT molecular complexity index is 569. The maximum Gasteiger partial charge on any atom is 0.410 e. The second-order valence-electron chi connectivity index (χ2n) is 9.24. The maximum atomic E-state index is 12.4. The first kappa shape index (κ1) is 22.0. The number of likely N-dealkylation sites (tertiary alicyclic amines) is 1. The van der Waals surface area contributed by atoms with Crippen LogP contribution >= 0.6 is 0 Å². The Kier molecular flexibility index (Phi) is 5.89. The Morgan fingerprint density at radius 3 is 2.11 bits per heavy atom. The van der Waals surface area contributed by atoms with Gasteiger partial charge >= 0.3 is 12.1 Å². The molecule has 0 bridgehead atoms. The molecule has 0 N–H and O–H groups in total. The third kappa shape index (κ3) is 4.09. The van der Waals surface area contributed by atoms with Crippen molar-refractivity contribution in [2.24, 2.45) is 5.41 Å². The summed E-state index contributed by atoms with van der Waals surface area (Å²) < 4.78 is 23.2. The lowest BCUT2D eigenvalue weighted by molar-refractivity contribution is -0.364. The zero-order valence-electron chi connectivity index (χ0n) is 18.0. The molecule has 1 spiro atoms. The summed E-state index contributed by atoms with van der Waals surface area (Å²) >= 11 is 0. The molecule has 156 valence electrons. The van der Waals surface area contributed by atoms with Gasteiger partial charge in [0.15, 0.2) is 5.79 Å². The molecule has 7 heteroatoms. The Hall–Kier alpha value is -1.34. The van der Waals surface area contributed by atoms with Crippen LogP contribution in [0.15, 0.2) is 0 Å². The average molecular weight is 386 g/mol. The van der Waals surface area contributed by atoms with Crippen LogP contribution in [-0.4, -0.2) is 60.3 Å². The van der Waals surface area contributed by atoms with Crippen LogP contribution < -0.4 is 0 Å². The number of hydrogen-bond acceptors (Lipinski definition) is 6. The minimum Gasteiger partial charge on any atom is -0.465 e. The van der Waals surface area contributed by atoms with Crippen molar-refractivity contribution in [2.45, 2.75) is 90.7 Å². The molecule has 0 radical (unpaired) electrons. The molecule has 2 atom stereocenters. The molecular weight excluding hydrogens is 350 g/mol. The molecule has 7 nitrogen and oxygen atoms in total. The number of carbonyl (C=O) groups is 2. The molecule has 0 saturated carbocycles. The van der Waals surface area contributed by atoms with Crippen molar-refractivity contribution in [2.75, 3.05) is 20.3 Å². The van der Waals surface area contributed by atoms with E-state index in [0.29, 0.717) is 19.4 Å². The SMILES string of the molecule is CCC1(COC(C)=O)COC2(CC(C)(C)N(C(=O)OC)C(C)(C)C2)OC1C. The van der Waals surface area contributed by atoms with E-state index in [4.69, 9.17) is 18.9 Å². The van der Waals surface area contributed by atoms with E-state index >= 15 is 0 Å². The number of rotatable bonds is 3. The summed E-state index contributed by atoms with van der Waals surface area (Å²) in [5.41, 5.74) is -1.38. The van der Waals surface area contributed by atoms with E-state index in [-0.39, 0.29) is 30.2 Å². The molecule has 2 unspecified atom stereocenters. The lowest BCUT2D eigenvalue weighted by atomic mass is 9.74. The minimum atomic E-state index is -0.786. The smallest absolute Gasteiger partial charge is 0.410 e. The predicted octanol–water partition coefficient (Wildman–Crippen LogP) is 3.50. The van der Waals surface area contributed by atoms with E-state index in [0.717, 1.165) is 6.42 Å². The van der Waals surface area contributed by atoms with Crippen LogP contribution in [0.4, 0.5) is 4.79 Å². The van der Waals surface area contributed by atoms with E-state index in [9.17, 15) is 9.59 Å². The van der Waals surface area contributed by atoms with Crippen LogP contribution in [0.25, 0.3) is 0 Å². The number of esters is 1. The number of methoxy groups -OCH3 is 1. The molecular formula is C20H35NO6. The Morgan fingerprint density at radius 2 is 1.70 bits per heavy atom. The first-order chi connectivity index (χ1) is 12.3. The normalized spacial score (nSPS) is 31.4. The number of amides is 1. The van der Waals surface area contributed by atoms with E-state index in [1.165, 1.54) is 14.0 Å². The molecule has 2 rings (SSSR count). The zero-order chi connectivity index (χ0) is 20.7. The summed E-state index contributed by atoms with van der Waals surface area (Å²) in [6.07, 6.45) is 1.36. The van der Waals surface area contributed by atoms with Crippen molar-refractivity contribution < 1.29 is 28.5 Å². The third-order valence-corrected chi connectivity index (χ3v) is 6.12. The third-order valence-electron chi connectivity index (χ3n) is 6.12. The Morgan fingerprint density at radius 1 is 1.15 bits per heavy atom. The van der Waals surface area contributed by atoms with Crippen LogP contribution in [0.5, 0.6) is 0 Å². The van der Waals surface area contributed by atoms with Crippen molar-refractivity contribution in [1.82, 2.24) is 4.90 Å². The molecule has 0 aromatic rings. The average Bonchev–Trinajstić information content (AvgIpc) is 2.51. The van der Waals surface area contributed by atoms with Crippen molar-refractivity contribution >= 4 is 12.1 Å². The van der Waals surface area contributed by atoms with Crippen molar-refractivity contribution in [3.63, 3.8) is 0 Å². The lowest BCUT2D eigenvalue weighted by Gasteiger charge is -2.61. The standard InChI is InChI=1S/C20H35NO6/c1-9-19(12-25-15(3)22)13-26-20(27-14(19)2)10-17(4,5)21(16(23)24-8)18(6,7)11-20/h14H,9-13H2,1-8H3. The van der Waals surface area contributed by atoms with Gasteiger partial charge in [0.2, 0.25) is 0 Å². The van der Waals surface area contributed by atoms with E-state index in [1.807, 2.05) is 34.6 Å². The minimum absolute atomic E-state index is 0.146. The fourth-order valence-electron chi connectivity index (χ4n) is 4.90. The van der Waals surface area contributed by atoms with Gasteiger partial charge in [-0.1, -0.05) is 6.92 Å². The molecule has 2 aliphatic rings. The highest BCUT2D eigenvalue weighted by molar-refractivity contribution is 5.70. The second-order valence-corrected chi connectivity index (χ2v) is 9.24. The van der Waals surface area contributed by atoms with E-state index < -0.39 is 16.9 Å². The largest absolute Gasteiger partial charge is 0.465 e. The van der Waals surface area contributed by atoms with E-state index in [1.54, 1.807) is 4.90 Å². The van der Waals surface area contributed by atoms with Gasteiger partial charge in [-0.25, -0.2) is 4.79 Å². The highest BCUT2D eigenvalue weighted by Gasteiger charge is 2.60. The number of carbonyl (C=O) groups excluding carboxylic acids is 2. The van der Waals surface area contributed by atoms with Gasteiger partial charge in [0, 0.05) is 30.8 Å². The summed E-state index contributed by atoms with van der Waals surface area (Å²) in [7, 11) is 1.40. The number of nitrogens with zero attached hydrogens (tertiary/aromatic N) is 1. The van der Waals surface area contributed by atoms with Gasteiger partial charge < -0.3 is 18.9 Å². The number of piperidine rings is 1. The van der Waals surface area contributed by atoms with Gasteiger partial charge in [-0.3, -0.25) is 9.69 Å². The summed E-state index contributed by atoms with van der Waals surface area (Å²) in [6.45, 7) is 14.2. The highest BCUT2D eigenvalue weighted by Crippen LogP contribution is 2.51. The molecule has 27 heavy (non-hydrogen) atoms. The van der Waals surface area contributed by atoms with Crippen LogP contribution in [0, 0.1) is 5.41 Å². The first-order valence-corrected chi connectivity index (χ1v) is 9.66. The molecule has 2 heterocycles. The number of ether oxygens (including phenoxy) is 4. The summed E-state index contributed by atoms with van der Waals surface area (Å²) in [5.74, 6) is -1.09. The molecule has 1 amide bonds. The molecule has 0 aromatic heterocycles. The zero-order valence-corrected chi connectivity index (χ0v) is 18.0. The van der Waals surface area contributed by atoms with Crippen LogP contribution in [0.1, 0.15) is 67.7 Å². The molecule has 2 aliphatic heterocycles. The maximum absolute atomic E-state index is 12.4. The predicted molar refractivity (Wildman–Crippen MR) is 100 cm³/mol. The molecule has 0 aromatic carbocycles. The van der Waals surface area contributed by atoms with E-state index in [2.05, 4.69) is 6.92 Å². The van der Waals surface area contributed by atoms with Crippen LogP contribution in [-0.2, 0) is 23.7 Å². The summed E-state index contributed by atoms with van der Waals surface area (Å²) in [6, 6.07) is 0. The second kappa shape index (κ2) is 7.24. The van der Waals surface area contributed by atoms with Crippen molar-refractivity contribution in [3.05, 3.63) is 0 Å². The molecule has 2 saturated heterocycles. The van der Waals surface area contributed by atoms with Gasteiger partial charge in [-0.15, -0.1) is 0 Å². The van der Waals surface area contributed by atoms with Crippen LogP contribution in [0.3, 0.4) is 0 Å². The first-order valence-electron chi connectivity index (χ1n) is 9.66. The van der Waals surface area contributed by atoms with Gasteiger partial charge in [-0.2, -0.15) is 0 Å². The van der Waals surface area contributed by atoms with Crippen molar-refractivity contribution in [3.8, 4) is 0 Å². The van der Waals surface area contributed by atoms with Gasteiger partial charge in [0.05, 0.1) is 25.2 Å². The van der Waals surface area contributed by atoms with Gasteiger partial charge in [-0.05, 0) is 41.0 Å². The summed E-state index contributed by atoms with van der Waals surface area (Å²) in [4.78, 5) is 25.5. The number of hydrogen-bond donors (Lipinski definition) is 0. The van der Waals surface area contributed by atoms with Crippen molar-refractivity contribution in [1.29, 1.82) is 0 Å². The molecule has 2 fully saturated rings. The highest BCUT2D eigenvalue weighted by atomic mass is 16.7. The Balaban J connectivity index is 2.26. The quantitative estimate of drug-likeness (QED) is 0.692. The lowest BCUT2D eigenvalue weighted by Crippen LogP contribution is -2.70. The van der Waals surface area contributed by atoms with Crippen LogP contribution in [0.2, 0.25) is 0 Å². The monoisotopic (exact) mass is 385 g/mol. The van der Waals surface area contributed by atoms with Gasteiger partial charge in [0.1, 0.15) is 6.61 Å².